The van der Waals surface area contributed by atoms with Gasteiger partial charge in [-0.05, 0) is 57.3 Å². The van der Waals surface area contributed by atoms with Crippen molar-refractivity contribution >= 4 is 41.4 Å². The van der Waals surface area contributed by atoms with Crippen molar-refractivity contribution < 1.29 is 33.6 Å². The van der Waals surface area contributed by atoms with Crippen LogP contribution < -0.4 is 37.2 Å². The zero-order chi connectivity index (χ0) is 47.6. The first kappa shape index (κ1) is 59.2. The van der Waals surface area contributed by atoms with Crippen molar-refractivity contribution in [3.05, 3.63) is 0 Å². The normalized spacial score (nSPS) is 11.6. The summed E-state index contributed by atoms with van der Waals surface area (Å²) >= 11 is 0. The van der Waals surface area contributed by atoms with Gasteiger partial charge in [0.2, 0.25) is 41.4 Å². The molecule has 7 amide bonds. The number of hydrogen-bond acceptors (Lipinski definition) is 10. The van der Waals surface area contributed by atoms with Gasteiger partial charge in [0.25, 0.3) is 0 Å². The third-order valence-corrected chi connectivity index (χ3v) is 10.2. The lowest BCUT2D eigenvalue weighted by Crippen LogP contribution is -2.43. The molecule has 0 atom stereocenters. The van der Waals surface area contributed by atoms with E-state index in [1.54, 1.807) is 0 Å². The van der Waals surface area contributed by atoms with Gasteiger partial charge in [-0.3, -0.25) is 48.3 Å². The highest BCUT2D eigenvalue weighted by Crippen LogP contribution is 2.03. The van der Waals surface area contributed by atoms with Gasteiger partial charge >= 0.3 is 0 Å². The molecule has 17 heteroatoms. The third kappa shape index (κ3) is 34.3. The molecule has 0 aromatic carbocycles. The number of amides is 7. The van der Waals surface area contributed by atoms with E-state index in [9.17, 15) is 33.6 Å². The van der Waals surface area contributed by atoms with Crippen molar-refractivity contribution in [2.45, 2.75) is 121 Å². The van der Waals surface area contributed by atoms with Crippen molar-refractivity contribution in [3.8, 4) is 0 Å². The fourth-order valence-corrected chi connectivity index (χ4v) is 6.26. The second kappa shape index (κ2) is 36.5. The SMILES string of the molecule is CC(C)CCCNC(=O)CN(CCCNC(=O)CN(CCCNC(=O)C(C)C)CCCNC(=O)C(C)C)CCCNC(=O)CN(CCCNC(=O)C(C)C)CCCNC(=O)C(C)C. The summed E-state index contributed by atoms with van der Waals surface area (Å²) in [7, 11) is 0. The molecule has 0 rings (SSSR count). The molecule has 0 aromatic rings. The fraction of sp³-hybridized carbons (Fsp3) is 0.848. The summed E-state index contributed by atoms with van der Waals surface area (Å²) in [6.45, 7) is 26.9. The maximum atomic E-state index is 13.1. The summed E-state index contributed by atoms with van der Waals surface area (Å²) in [5.41, 5.74) is 0. The minimum Gasteiger partial charge on any atom is -0.356 e. The van der Waals surface area contributed by atoms with Crippen LogP contribution in [0.4, 0.5) is 0 Å². The Morgan fingerprint density at radius 2 is 0.524 bits per heavy atom. The molecule has 0 heterocycles. The van der Waals surface area contributed by atoms with Crippen LogP contribution in [0.1, 0.15) is 121 Å². The van der Waals surface area contributed by atoms with Crippen LogP contribution in [-0.2, 0) is 33.6 Å². The van der Waals surface area contributed by atoms with Crippen LogP contribution in [0.25, 0.3) is 0 Å². The average molecular weight is 895 g/mol. The lowest BCUT2D eigenvalue weighted by atomic mass is 10.1. The number of nitrogens with one attached hydrogen (secondary N) is 7. The minimum atomic E-state index is -0.112. The van der Waals surface area contributed by atoms with Crippen LogP contribution in [0.3, 0.4) is 0 Å². The second-order valence-electron chi connectivity index (χ2n) is 18.3. The van der Waals surface area contributed by atoms with Gasteiger partial charge < -0.3 is 37.2 Å². The van der Waals surface area contributed by atoms with Crippen LogP contribution in [0.2, 0.25) is 0 Å². The lowest BCUT2D eigenvalue weighted by molar-refractivity contribution is -0.125. The van der Waals surface area contributed by atoms with E-state index in [0.717, 1.165) is 12.8 Å². The molecular weight excluding hydrogens is 805 g/mol. The van der Waals surface area contributed by atoms with Gasteiger partial charge in [-0.15, -0.1) is 0 Å². The van der Waals surface area contributed by atoms with Gasteiger partial charge in [0.1, 0.15) is 0 Å². The predicted molar refractivity (Wildman–Crippen MR) is 252 cm³/mol. The highest BCUT2D eigenvalue weighted by molar-refractivity contribution is 5.80. The first-order valence-electron chi connectivity index (χ1n) is 23.9. The lowest BCUT2D eigenvalue weighted by Gasteiger charge is -2.24. The molecule has 0 aliphatic heterocycles. The van der Waals surface area contributed by atoms with E-state index in [4.69, 9.17) is 0 Å². The van der Waals surface area contributed by atoms with E-state index < -0.39 is 0 Å². The van der Waals surface area contributed by atoms with E-state index in [1.165, 1.54) is 0 Å². The largest absolute Gasteiger partial charge is 0.356 e. The predicted octanol–water partition coefficient (Wildman–Crippen LogP) is 2.11. The molecule has 0 aliphatic carbocycles. The molecular formula is C46H90N10O7. The Bertz CT molecular complexity index is 1170. The summed E-state index contributed by atoms with van der Waals surface area (Å²) in [4.78, 5) is 93.3. The van der Waals surface area contributed by atoms with Crippen LogP contribution in [0.15, 0.2) is 0 Å². The summed E-state index contributed by atoms with van der Waals surface area (Å²) in [6.07, 6.45) is 5.97. The zero-order valence-corrected chi connectivity index (χ0v) is 41.1. The monoisotopic (exact) mass is 895 g/mol. The Balaban J connectivity index is 5.25. The first-order valence-corrected chi connectivity index (χ1v) is 23.9. The number of rotatable bonds is 38. The van der Waals surface area contributed by atoms with Crippen LogP contribution in [-0.4, -0.2) is 161 Å². The summed E-state index contributed by atoms with van der Waals surface area (Å²) in [5.74, 6) is -0.119. The molecule has 0 unspecified atom stereocenters. The Morgan fingerprint density at radius 1 is 0.317 bits per heavy atom. The number of carbonyl (C=O) groups is 7. The smallest absolute Gasteiger partial charge is 0.234 e. The Hall–Kier alpha value is -3.83. The molecule has 0 spiro atoms. The molecule has 0 saturated carbocycles. The Morgan fingerprint density at radius 3 is 0.730 bits per heavy atom. The average Bonchev–Trinajstić information content (AvgIpc) is 3.21. The molecule has 63 heavy (non-hydrogen) atoms. The van der Waals surface area contributed by atoms with Crippen molar-refractivity contribution in [1.29, 1.82) is 0 Å². The van der Waals surface area contributed by atoms with Crippen LogP contribution in [0.5, 0.6) is 0 Å². The third-order valence-electron chi connectivity index (χ3n) is 10.2. The van der Waals surface area contributed by atoms with Gasteiger partial charge in [-0.1, -0.05) is 69.2 Å². The van der Waals surface area contributed by atoms with Gasteiger partial charge in [0.05, 0.1) is 19.6 Å². The molecule has 0 fully saturated rings. The highest BCUT2D eigenvalue weighted by atomic mass is 16.2. The summed E-state index contributed by atoms with van der Waals surface area (Å²) in [6, 6.07) is 0. The standard InChI is InChI=1S/C46H90N10O7/c1-35(2)18-11-19-47-40(57)32-54(26-12-20-48-41(58)33-55(28-14-22-50-43(60)36(3)4)29-15-23-51-44(61)37(5)6)27-13-21-49-42(59)34-56(30-16-24-52-45(62)38(7)8)31-17-25-53-46(63)39(9)10/h35-39H,11-34H2,1-10H3,(H,47,57)(H,48,58)(H,49,59)(H,50,60)(H,51,61)(H,52,62)(H,53,63). The van der Waals surface area contributed by atoms with Crippen molar-refractivity contribution in [1.82, 2.24) is 51.9 Å². The highest BCUT2D eigenvalue weighted by Gasteiger charge is 2.16. The number of hydrogen-bond donors (Lipinski definition) is 7. The number of nitrogens with zero attached hydrogens (tertiary/aromatic N) is 3. The zero-order valence-electron chi connectivity index (χ0n) is 41.1. The molecule has 0 bridgehead atoms. The topological polar surface area (TPSA) is 213 Å². The summed E-state index contributed by atoms with van der Waals surface area (Å²) in [5, 5.41) is 20.8. The van der Waals surface area contributed by atoms with E-state index in [2.05, 4.69) is 56.0 Å². The Kier molecular flexibility index (Phi) is 34.3. The summed E-state index contributed by atoms with van der Waals surface area (Å²) < 4.78 is 0. The molecule has 0 saturated heterocycles. The molecule has 0 aromatic heterocycles. The maximum Gasteiger partial charge on any atom is 0.234 e. The molecule has 7 N–H and O–H groups in total. The van der Waals surface area contributed by atoms with Gasteiger partial charge in [-0.2, -0.15) is 0 Å². The molecule has 366 valence electrons. The van der Waals surface area contributed by atoms with Crippen molar-refractivity contribution in [3.63, 3.8) is 0 Å². The second-order valence-corrected chi connectivity index (χ2v) is 18.3. The van der Waals surface area contributed by atoms with Gasteiger partial charge in [0.15, 0.2) is 0 Å². The van der Waals surface area contributed by atoms with Gasteiger partial charge in [-0.25, -0.2) is 0 Å². The van der Waals surface area contributed by atoms with E-state index in [0.29, 0.717) is 130 Å². The molecule has 0 radical (unpaired) electrons. The Labute approximate surface area is 380 Å². The van der Waals surface area contributed by atoms with Crippen molar-refractivity contribution in [2.24, 2.45) is 29.6 Å². The van der Waals surface area contributed by atoms with E-state index >= 15 is 0 Å². The van der Waals surface area contributed by atoms with Crippen LogP contribution in [0, 0.1) is 29.6 Å². The first-order chi connectivity index (χ1) is 29.8. The molecule has 17 nitrogen and oxygen atoms in total. The van der Waals surface area contributed by atoms with Gasteiger partial charge in [0, 0.05) is 109 Å². The van der Waals surface area contributed by atoms with E-state index in [1.807, 2.05) is 65.2 Å². The van der Waals surface area contributed by atoms with E-state index in [-0.39, 0.29) is 84.7 Å². The minimum absolute atomic E-state index is 0.00443. The maximum absolute atomic E-state index is 13.1. The fourth-order valence-electron chi connectivity index (χ4n) is 6.26. The quantitative estimate of drug-likeness (QED) is 0.0449. The van der Waals surface area contributed by atoms with Crippen molar-refractivity contribution in [2.75, 3.05) is 105 Å². The number of carbonyl (C=O) groups excluding carboxylic acids is 7. The molecule has 0 aliphatic rings. The van der Waals surface area contributed by atoms with Crippen LogP contribution >= 0.6 is 0 Å².